The Morgan fingerprint density at radius 2 is 2.29 bits per heavy atom. The number of hydrogen-bond donors (Lipinski definition) is 1. The molecule has 0 radical (unpaired) electrons. The van der Waals surface area contributed by atoms with Gasteiger partial charge in [-0.05, 0) is 30.0 Å². The third-order valence-corrected chi connectivity index (χ3v) is 2.75. The zero-order valence-electron chi connectivity index (χ0n) is 8.75. The van der Waals surface area contributed by atoms with Crippen molar-refractivity contribution in [2.75, 3.05) is 0 Å². The van der Waals surface area contributed by atoms with E-state index in [-0.39, 0.29) is 0 Å². The van der Waals surface area contributed by atoms with E-state index in [0.717, 1.165) is 5.65 Å². The molecular formula is C12H16N2. The van der Waals surface area contributed by atoms with Crippen molar-refractivity contribution < 1.29 is 0 Å². The van der Waals surface area contributed by atoms with Gasteiger partial charge in [-0.2, -0.15) is 0 Å². The van der Waals surface area contributed by atoms with Crippen molar-refractivity contribution in [1.29, 1.82) is 0 Å². The molecule has 0 aliphatic heterocycles. The average molecular weight is 188 g/mol. The molecule has 2 rings (SSSR count). The molecule has 0 aliphatic carbocycles. The number of fused-ring (bicyclic) bond motifs is 1. The molecule has 1 unspecified atom stereocenters. The molecule has 2 heterocycles. The maximum absolute atomic E-state index is 4.29. The van der Waals surface area contributed by atoms with E-state index in [0.29, 0.717) is 5.92 Å². The molecule has 0 fully saturated rings. The van der Waals surface area contributed by atoms with Gasteiger partial charge in [0.05, 0.1) is 0 Å². The summed E-state index contributed by atoms with van der Waals surface area (Å²) in [6.45, 7) is 4.51. The Morgan fingerprint density at radius 3 is 3.07 bits per heavy atom. The van der Waals surface area contributed by atoms with E-state index >= 15 is 0 Å². The highest BCUT2D eigenvalue weighted by molar-refractivity contribution is 5.79. The molecule has 2 aromatic heterocycles. The summed E-state index contributed by atoms with van der Waals surface area (Å²) in [7, 11) is 0. The second-order valence-corrected chi connectivity index (χ2v) is 3.83. The van der Waals surface area contributed by atoms with Crippen LogP contribution in [0, 0.1) is 0 Å². The minimum Gasteiger partial charge on any atom is -0.346 e. The van der Waals surface area contributed by atoms with E-state index in [1.807, 2.05) is 12.4 Å². The Labute approximate surface area is 84.4 Å². The lowest BCUT2D eigenvalue weighted by Gasteiger charge is -2.10. The van der Waals surface area contributed by atoms with Crippen molar-refractivity contribution in [3.63, 3.8) is 0 Å². The van der Waals surface area contributed by atoms with Crippen LogP contribution in [0.1, 0.15) is 38.2 Å². The number of aromatic nitrogens is 2. The second-order valence-electron chi connectivity index (χ2n) is 3.83. The molecule has 0 aromatic carbocycles. The number of hydrogen-bond acceptors (Lipinski definition) is 1. The predicted molar refractivity (Wildman–Crippen MR) is 59.4 cm³/mol. The van der Waals surface area contributed by atoms with Crippen LogP contribution in [-0.2, 0) is 0 Å². The van der Waals surface area contributed by atoms with Crippen molar-refractivity contribution in [3.05, 3.63) is 30.1 Å². The Hall–Kier alpha value is -1.31. The van der Waals surface area contributed by atoms with Crippen LogP contribution in [0.25, 0.3) is 11.0 Å². The maximum atomic E-state index is 4.29. The number of pyridine rings is 1. The smallest absolute Gasteiger partial charge is 0.137 e. The fourth-order valence-electron chi connectivity index (χ4n) is 2.00. The quantitative estimate of drug-likeness (QED) is 0.785. The van der Waals surface area contributed by atoms with Crippen LogP contribution in [0.2, 0.25) is 0 Å². The number of nitrogens with zero attached hydrogens (tertiary/aromatic N) is 1. The van der Waals surface area contributed by atoms with Crippen molar-refractivity contribution in [2.24, 2.45) is 0 Å². The summed E-state index contributed by atoms with van der Waals surface area (Å²) in [6, 6.07) is 4.25. The first-order chi connectivity index (χ1) is 6.83. The Bertz CT molecular complexity index is 417. The largest absolute Gasteiger partial charge is 0.346 e. The van der Waals surface area contributed by atoms with E-state index in [1.165, 1.54) is 23.8 Å². The summed E-state index contributed by atoms with van der Waals surface area (Å²) >= 11 is 0. The molecule has 2 heteroatoms. The highest BCUT2D eigenvalue weighted by Crippen LogP contribution is 2.26. The highest BCUT2D eigenvalue weighted by atomic mass is 14.8. The summed E-state index contributed by atoms with van der Waals surface area (Å²) in [5.41, 5.74) is 2.42. The number of aromatic amines is 1. The monoisotopic (exact) mass is 188 g/mol. The van der Waals surface area contributed by atoms with E-state index in [2.05, 4.69) is 35.9 Å². The minimum atomic E-state index is 0.626. The van der Waals surface area contributed by atoms with E-state index < -0.39 is 0 Å². The zero-order chi connectivity index (χ0) is 9.97. The number of H-pyrrole nitrogens is 1. The first-order valence-electron chi connectivity index (χ1n) is 5.25. The van der Waals surface area contributed by atoms with Gasteiger partial charge in [-0.15, -0.1) is 0 Å². The first-order valence-corrected chi connectivity index (χ1v) is 5.25. The van der Waals surface area contributed by atoms with Gasteiger partial charge >= 0.3 is 0 Å². The third kappa shape index (κ3) is 1.52. The SMILES string of the molecule is CCCC(C)c1ccnc2[nH]ccc12. The molecule has 0 saturated heterocycles. The standard InChI is InChI=1S/C12H16N2/c1-3-4-9(2)10-5-7-13-12-11(10)6-8-14-12/h5-9H,3-4H2,1-2H3,(H,13,14). The van der Waals surface area contributed by atoms with Gasteiger partial charge < -0.3 is 4.98 Å². The topological polar surface area (TPSA) is 28.7 Å². The van der Waals surface area contributed by atoms with Crippen LogP contribution in [0.3, 0.4) is 0 Å². The molecule has 0 bridgehead atoms. The zero-order valence-corrected chi connectivity index (χ0v) is 8.75. The van der Waals surface area contributed by atoms with Crippen molar-refractivity contribution in [3.8, 4) is 0 Å². The fraction of sp³-hybridized carbons (Fsp3) is 0.417. The summed E-state index contributed by atoms with van der Waals surface area (Å²) in [5.74, 6) is 0.626. The number of nitrogens with one attached hydrogen (secondary N) is 1. The van der Waals surface area contributed by atoms with E-state index in [4.69, 9.17) is 0 Å². The summed E-state index contributed by atoms with van der Waals surface area (Å²) in [6.07, 6.45) is 6.32. The van der Waals surface area contributed by atoms with Crippen LogP contribution >= 0.6 is 0 Å². The minimum absolute atomic E-state index is 0.626. The van der Waals surface area contributed by atoms with Crippen molar-refractivity contribution in [1.82, 2.24) is 9.97 Å². The molecule has 0 aliphatic rings. The molecule has 2 nitrogen and oxygen atoms in total. The van der Waals surface area contributed by atoms with Gasteiger partial charge in [0.1, 0.15) is 5.65 Å². The maximum Gasteiger partial charge on any atom is 0.137 e. The molecule has 0 amide bonds. The van der Waals surface area contributed by atoms with Gasteiger partial charge in [0, 0.05) is 17.8 Å². The van der Waals surface area contributed by atoms with Crippen LogP contribution in [-0.4, -0.2) is 9.97 Å². The van der Waals surface area contributed by atoms with Gasteiger partial charge in [0.15, 0.2) is 0 Å². The van der Waals surface area contributed by atoms with Gasteiger partial charge in [-0.25, -0.2) is 4.98 Å². The summed E-state index contributed by atoms with van der Waals surface area (Å²) in [4.78, 5) is 7.43. The van der Waals surface area contributed by atoms with Gasteiger partial charge in [0.2, 0.25) is 0 Å². The van der Waals surface area contributed by atoms with Crippen LogP contribution in [0.5, 0.6) is 0 Å². The first kappa shape index (κ1) is 9.25. The van der Waals surface area contributed by atoms with Gasteiger partial charge in [-0.1, -0.05) is 20.3 Å². The lowest BCUT2D eigenvalue weighted by atomic mass is 9.95. The van der Waals surface area contributed by atoms with Crippen LogP contribution < -0.4 is 0 Å². The highest BCUT2D eigenvalue weighted by Gasteiger charge is 2.08. The average Bonchev–Trinajstić information content (AvgIpc) is 2.65. The molecule has 1 atom stereocenters. The lowest BCUT2D eigenvalue weighted by Crippen LogP contribution is -1.94. The van der Waals surface area contributed by atoms with E-state index in [9.17, 15) is 0 Å². The Morgan fingerprint density at radius 1 is 1.43 bits per heavy atom. The van der Waals surface area contributed by atoms with Crippen LogP contribution in [0.15, 0.2) is 24.5 Å². The van der Waals surface area contributed by atoms with Gasteiger partial charge in [-0.3, -0.25) is 0 Å². The summed E-state index contributed by atoms with van der Waals surface area (Å²) < 4.78 is 0. The van der Waals surface area contributed by atoms with Gasteiger partial charge in [0.25, 0.3) is 0 Å². The molecule has 2 aromatic rings. The Kier molecular flexibility index (Phi) is 2.53. The predicted octanol–water partition coefficient (Wildman–Crippen LogP) is 3.47. The molecule has 0 saturated carbocycles. The molecule has 14 heavy (non-hydrogen) atoms. The molecule has 0 spiro atoms. The molecule has 1 N–H and O–H groups in total. The summed E-state index contributed by atoms with van der Waals surface area (Å²) in [5, 5.41) is 1.27. The van der Waals surface area contributed by atoms with Crippen molar-refractivity contribution >= 4 is 11.0 Å². The third-order valence-electron chi connectivity index (χ3n) is 2.75. The second kappa shape index (κ2) is 3.82. The van der Waals surface area contributed by atoms with Crippen LogP contribution in [0.4, 0.5) is 0 Å². The Balaban J connectivity index is 2.45. The van der Waals surface area contributed by atoms with E-state index in [1.54, 1.807) is 0 Å². The molecule has 74 valence electrons. The van der Waals surface area contributed by atoms with Crippen molar-refractivity contribution in [2.45, 2.75) is 32.6 Å². The molecular weight excluding hydrogens is 172 g/mol. The number of rotatable bonds is 3. The lowest BCUT2D eigenvalue weighted by molar-refractivity contribution is 0.669. The fourth-order valence-corrected chi connectivity index (χ4v) is 2.00. The normalized spacial score (nSPS) is 13.3.